The summed E-state index contributed by atoms with van der Waals surface area (Å²) in [5.41, 5.74) is 1.13. The molecule has 2 rings (SSSR count). The van der Waals surface area contributed by atoms with Gasteiger partial charge in [0.2, 0.25) is 11.8 Å². The molecule has 0 radical (unpaired) electrons. The minimum atomic E-state index is -0.788. The number of carbonyl (C=O) groups is 1. The molecule has 0 spiro atoms. The van der Waals surface area contributed by atoms with Crippen LogP contribution >= 0.6 is 0 Å². The zero-order chi connectivity index (χ0) is 17.4. The summed E-state index contributed by atoms with van der Waals surface area (Å²) in [4.78, 5) is 11.6. The van der Waals surface area contributed by atoms with Crippen LogP contribution in [0.15, 0.2) is 24.3 Å². The third-order valence-electron chi connectivity index (χ3n) is 3.34. The molecule has 0 aliphatic rings. The predicted octanol–water partition coefficient (Wildman–Crippen LogP) is 3.82. The summed E-state index contributed by atoms with van der Waals surface area (Å²) in [6, 6.07) is 6.36. The van der Waals surface area contributed by atoms with E-state index in [-0.39, 0.29) is 11.8 Å². The maximum absolute atomic E-state index is 11.6. The van der Waals surface area contributed by atoms with Gasteiger partial charge in [0, 0.05) is 11.1 Å². The van der Waals surface area contributed by atoms with E-state index < -0.39 is 11.8 Å². The van der Waals surface area contributed by atoms with Gasteiger partial charge in [-0.1, -0.05) is 0 Å². The number of ether oxygens (including phenoxy) is 2. The molecule has 1 heterocycles. The quantitative estimate of drug-likeness (QED) is 0.649. The lowest BCUT2D eigenvalue weighted by Gasteiger charge is -2.18. The van der Waals surface area contributed by atoms with Crippen molar-refractivity contribution < 1.29 is 24.5 Å². The highest BCUT2D eigenvalue weighted by Crippen LogP contribution is 2.35. The van der Waals surface area contributed by atoms with E-state index in [1.807, 2.05) is 0 Å². The number of carbonyl (C=O) groups excluding carboxylic acids is 1. The lowest BCUT2D eigenvalue weighted by Crippen LogP contribution is -2.25. The second kappa shape index (κ2) is 5.87. The van der Waals surface area contributed by atoms with Crippen molar-refractivity contribution in [3.8, 4) is 23.2 Å². The van der Waals surface area contributed by atoms with Gasteiger partial charge in [0.05, 0.1) is 5.69 Å². The molecule has 0 fully saturated rings. The number of nitrogens with zero attached hydrogens (tertiary/aromatic N) is 1. The van der Waals surface area contributed by atoms with Crippen LogP contribution in [0.3, 0.4) is 0 Å². The van der Waals surface area contributed by atoms with Gasteiger partial charge in [0.15, 0.2) is 0 Å². The number of benzene rings is 1. The second-order valence-corrected chi connectivity index (χ2v) is 6.29. The first-order valence-electron chi connectivity index (χ1n) is 7.21. The third kappa shape index (κ3) is 3.59. The minimum absolute atomic E-state index is 0.0270. The van der Waals surface area contributed by atoms with E-state index in [9.17, 15) is 15.0 Å². The van der Waals surface area contributed by atoms with E-state index in [2.05, 4.69) is 0 Å². The number of hydrogen-bond acceptors (Lipinski definition) is 5. The lowest BCUT2D eigenvalue weighted by atomic mass is 10.2. The van der Waals surface area contributed by atoms with Crippen molar-refractivity contribution in [3.63, 3.8) is 0 Å². The Bertz CT molecular complexity index is 697. The van der Waals surface area contributed by atoms with Crippen LogP contribution in [0.25, 0.3) is 5.69 Å². The fourth-order valence-corrected chi connectivity index (χ4v) is 2.05. The van der Waals surface area contributed by atoms with Crippen molar-refractivity contribution in [2.45, 2.75) is 40.2 Å². The highest BCUT2D eigenvalue weighted by atomic mass is 16.7. The van der Waals surface area contributed by atoms with Gasteiger partial charge in [-0.25, -0.2) is 4.79 Å². The molecule has 1 aromatic heterocycles. The van der Waals surface area contributed by atoms with Crippen LogP contribution in [-0.2, 0) is 4.74 Å². The minimum Gasteiger partial charge on any atom is -0.494 e. The smallest absolute Gasteiger partial charge is 0.494 e. The number of aromatic nitrogens is 1. The van der Waals surface area contributed by atoms with E-state index in [0.29, 0.717) is 22.6 Å². The predicted molar refractivity (Wildman–Crippen MR) is 85.4 cm³/mol. The van der Waals surface area contributed by atoms with Crippen LogP contribution in [0, 0.1) is 13.8 Å². The summed E-state index contributed by atoms with van der Waals surface area (Å²) >= 11 is 0. The maximum atomic E-state index is 11.6. The number of rotatable bonds is 2. The van der Waals surface area contributed by atoms with E-state index in [4.69, 9.17) is 9.47 Å². The van der Waals surface area contributed by atoms with Gasteiger partial charge in [-0.2, -0.15) is 0 Å². The van der Waals surface area contributed by atoms with Gasteiger partial charge < -0.3 is 19.7 Å². The van der Waals surface area contributed by atoms with Gasteiger partial charge in [0.1, 0.15) is 11.4 Å². The number of aromatic hydroxyl groups is 2. The Morgan fingerprint density at radius 2 is 1.48 bits per heavy atom. The Hall–Kier alpha value is -2.63. The molecule has 124 valence electrons. The largest absolute Gasteiger partial charge is 0.514 e. The summed E-state index contributed by atoms with van der Waals surface area (Å²) in [5, 5.41) is 20.2. The first-order valence-corrected chi connectivity index (χ1v) is 7.21. The van der Waals surface area contributed by atoms with Crippen molar-refractivity contribution in [1.29, 1.82) is 0 Å². The third-order valence-corrected chi connectivity index (χ3v) is 3.34. The van der Waals surface area contributed by atoms with Gasteiger partial charge in [-0.05, 0) is 58.9 Å². The SMILES string of the molecule is Cc1c(C)c(O)n(-c2ccc(OC(=O)OC(C)(C)C)cc2)c1O. The first-order chi connectivity index (χ1) is 10.6. The monoisotopic (exact) mass is 319 g/mol. The van der Waals surface area contributed by atoms with E-state index in [1.54, 1.807) is 58.9 Å². The Morgan fingerprint density at radius 1 is 1.00 bits per heavy atom. The van der Waals surface area contributed by atoms with Crippen LogP contribution in [0.1, 0.15) is 31.9 Å². The summed E-state index contributed by atoms with van der Waals surface area (Å²) in [6.07, 6.45) is -0.788. The molecule has 0 aliphatic heterocycles. The van der Waals surface area contributed by atoms with Crippen LogP contribution in [0.2, 0.25) is 0 Å². The molecule has 0 bridgehead atoms. The fraction of sp³-hybridized carbons (Fsp3) is 0.353. The Kier molecular flexibility index (Phi) is 4.27. The molecular weight excluding hydrogens is 298 g/mol. The average Bonchev–Trinajstić information content (AvgIpc) is 2.62. The van der Waals surface area contributed by atoms with Crippen molar-refractivity contribution >= 4 is 6.16 Å². The van der Waals surface area contributed by atoms with Crippen molar-refractivity contribution in [2.24, 2.45) is 0 Å². The molecule has 2 aromatic rings. The van der Waals surface area contributed by atoms with Crippen LogP contribution < -0.4 is 4.74 Å². The molecule has 23 heavy (non-hydrogen) atoms. The van der Waals surface area contributed by atoms with Crippen molar-refractivity contribution in [3.05, 3.63) is 35.4 Å². The Morgan fingerprint density at radius 3 is 1.91 bits per heavy atom. The lowest BCUT2D eigenvalue weighted by molar-refractivity contribution is 0.0206. The molecule has 1 aromatic carbocycles. The highest BCUT2D eigenvalue weighted by molar-refractivity contribution is 5.64. The molecule has 2 N–H and O–H groups in total. The van der Waals surface area contributed by atoms with Crippen molar-refractivity contribution in [1.82, 2.24) is 4.57 Å². The molecule has 6 heteroatoms. The summed E-state index contributed by atoms with van der Waals surface area (Å²) < 4.78 is 11.5. The highest BCUT2D eigenvalue weighted by Gasteiger charge is 2.19. The van der Waals surface area contributed by atoms with Crippen LogP contribution in [0.4, 0.5) is 4.79 Å². The van der Waals surface area contributed by atoms with E-state index >= 15 is 0 Å². The topological polar surface area (TPSA) is 80.9 Å². The fourth-order valence-electron chi connectivity index (χ4n) is 2.05. The van der Waals surface area contributed by atoms with Gasteiger partial charge >= 0.3 is 6.16 Å². The van der Waals surface area contributed by atoms with Crippen LogP contribution in [0.5, 0.6) is 17.5 Å². The summed E-state index contributed by atoms with van der Waals surface area (Å²) in [7, 11) is 0. The molecule has 0 aliphatic carbocycles. The average molecular weight is 319 g/mol. The van der Waals surface area contributed by atoms with Crippen LogP contribution in [-0.4, -0.2) is 26.5 Å². The molecule has 0 saturated heterocycles. The normalized spacial score (nSPS) is 11.3. The van der Waals surface area contributed by atoms with Gasteiger partial charge in [-0.3, -0.25) is 4.57 Å². The van der Waals surface area contributed by atoms with Gasteiger partial charge in [0.25, 0.3) is 0 Å². The molecule has 0 amide bonds. The van der Waals surface area contributed by atoms with Gasteiger partial charge in [-0.15, -0.1) is 0 Å². The first kappa shape index (κ1) is 16.7. The zero-order valence-electron chi connectivity index (χ0n) is 13.9. The maximum Gasteiger partial charge on any atom is 0.514 e. The Labute approximate surface area is 134 Å². The summed E-state index contributed by atoms with van der Waals surface area (Å²) in [6.45, 7) is 8.70. The molecular formula is C17H21NO5. The molecule has 0 atom stereocenters. The summed E-state index contributed by atoms with van der Waals surface area (Å²) in [5.74, 6) is 0.254. The van der Waals surface area contributed by atoms with Crippen molar-refractivity contribution in [2.75, 3.05) is 0 Å². The second-order valence-electron chi connectivity index (χ2n) is 6.29. The van der Waals surface area contributed by atoms with E-state index in [0.717, 1.165) is 0 Å². The van der Waals surface area contributed by atoms with E-state index in [1.165, 1.54) is 4.57 Å². The Balaban J connectivity index is 2.21. The molecule has 0 saturated carbocycles. The number of hydrogen-bond donors (Lipinski definition) is 2. The standard InChI is InChI=1S/C17H21NO5/c1-10-11(2)15(20)18(14(10)19)12-6-8-13(9-7-12)22-16(21)23-17(3,4)5/h6-9,19-20H,1-5H3. The molecule has 0 unspecified atom stereocenters. The molecule has 6 nitrogen and oxygen atoms in total. The zero-order valence-corrected chi connectivity index (χ0v) is 13.9.